The van der Waals surface area contributed by atoms with Crippen molar-refractivity contribution in [3.05, 3.63) is 23.0 Å². The molecule has 1 N–H and O–H groups in total. The number of carbonyl (C=O) groups excluding carboxylic acids is 4. The third kappa shape index (κ3) is 5.59. The summed E-state index contributed by atoms with van der Waals surface area (Å²) >= 11 is 0. The molecule has 190 valence electrons. The quantitative estimate of drug-likeness (QED) is 0.335. The Morgan fingerprint density at radius 2 is 1.71 bits per heavy atom. The number of fused-ring (bicyclic) bond motifs is 1. The number of Topliss-reactive ketones (excluding diaryl/α,β-unsaturated/α-hetero) is 1. The summed E-state index contributed by atoms with van der Waals surface area (Å²) in [4.78, 5) is 48.5. The fraction of sp³-hybridized carbons (Fsp3) is 0.692. The predicted octanol–water partition coefficient (Wildman–Crippen LogP) is 3.66. The number of allylic oxidation sites excluding steroid dienone is 2. The molecule has 0 aromatic carbocycles. The van der Waals surface area contributed by atoms with Gasteiger partial charge in [-0.1, -0.05) is 20.8 Å². The van der Waals surface area contributed by atoms with E-state index in [1.54, 1.807) is 19.9 Å². The van der Waals surface area contributed by atoms with Crippen LogP contribution in [0.25, 0.3) is 0 Å². The van der Waals surface area contributed by atoms with E-state index in [-0.39, 0.29) is 24.1 Å². The third-order valence-corrected chi connectivity index (χ3v) is 7.59. The number of carbonyl (C=O) groups is 4. The minimum atomic E-state index is -0.744. The van der Waals surface area contributed by atoms with E-state index in [1.807, 2.05) is 20.8 Å². The van der Waals surface area contributed by atoms with Crippen LogP contribution in [0.5, 0.6) is 0 Å². The van der Waals surface area contributed by atoms with Gasteiger partial charge in [-0.25, -0.2) is 0 Å². The molecule has 2 aliphatic carbocycles. The van der Waals surface area contributed by atoms with Crippen LogP contribution in [-0.4, -0.2) is 47.6 Å². The topological polar surface area (TPSA) is 116 Å². The molecule has 0 amide bonds. The van der Waals surface area contributed by atoms with Gasteiger partial charge in [0.2, 0.25) is 5.78 Å². The van der Waals surface area contributed by atoms with Gasteiger partial charge in [0, 0.05) is 32.1 Å². The van der Waals surface area contributed by atoms with E-state index in [2.05, 4.69) is 0 Å². The number of ketones is 1. The minimum absolute atomic E-state index is 0.0188. The Labute approximate surface area is 201 Å². The Bertz CT molecular complexity index is 912. The van der Waals surface area contributed by atoms with Crippen LogP contribution in [0.15, 0.2) is 23.0 Å². The summed E-state index contributed by atoms with van der Waals surface area (Å²) in [6, 6.07) is 0. The molecule has 5 unspecified atom stereocenters. The highest BCUT2D eigenvalue weighted by molar-refractivity contribution is 6.00. The fourth-order valence-corrected chi connectivity index (χ4v) is 5.88. The normalized spacial score (nSPS) is 29.7. The van der Waals surface area contributed by atoms with Crippen molar-refractivity contribution in [2.24, 2.45) is 22.7 Å². The van der Waals surface area contributed by atoms with Crippen molar-refractivity contribution in [1.82, 2.24) is 0 Å². The number of hydrogen-bond acceptors (Lipinski definition) is 8. The van der Waals surface area contributed by atoms with E-state index in [9.17, 15) is 24.3 Å². The number of aliphatic hydroxyl groups excluding tert-OH is 1. The second kappa shape index (κ2) is 10.4. The highest BCUT2D eigenvalue weighted by atomic mass is 16.5. The standard InChI is InChI=1S/C26H38O8/c1-14(10-12-32-16(3)27)20(33-17(4)28)13-19-15(2)23(34-18(5)29)22(31)24-25(6,7)21(30)9-11-26(19,24)8/h10,19-21,24,30H,9,11-13H2,1-8H3/b14-10+. The summed E-state index contributed by atoms with van der Waals surface area (Å²) in [6.45, 7) is 13.3. The van der Waals surface area contributed by atoms with Crippen LogP contribution in [0.2, 0.25) is 0 Å². The summed E-state index contributed by atoms with van der Waals surface area (Å²) < 4.78 is 16.1. The molecule has 0 aromatic rings. The number of aliphatic hydroxyl groups is 1. The van der Waals surface area contributed by atoms with Crippen LogP contribution < -0.4 is 0 Å². The Morgan fingerprint density at radius 3 is 2.24 bits per heavy atom. The summed E-state index contributed by atoms with van der Waals surface area (Å²) in [5.41, 5.74) is 0.0507. The lowest BCUT2D eigenvalue weighted by molar-refractivity contribution is -0.163. The van der Waals surface area contributed by atoms with Gasteiger partial charge in [0.25, 0.3) is 0 Å². The SMILES string of the molecule is CC(=O)OC/C=C(\C)C(CC1C(C)=C(OC(C)=O)C(=O)C2C(C)(C)C(O)CCC12C)OC(C)=O. The van der Waals surface area contributed by atoms with Crippen LogP contribution >= 0.6 is 0 Å². The van der Waals surface area contributed by atoms with Gasteiger partial charge in [-0.3, -0.25) is 19.2 Å². The maximum Gasteiger partial charge on any atom is 0.308 e. The number of ether oxygens (including phenoxy) is 3. The number of esters is 3. The van der Waals surface area contributed by atoms with Gasteiger partial charge < -0.3 is 19.3 Å². The van der Waals surface area contributed by atoms with Crippen molar-refractivity contribution < 1.29 is 38.5 Å². The maximum atomic E-state index is 13.6. The van der Waals surface area contributed by atoms with Gasteiger partial charge in [-0.05, 0) is 61.7 Å². The Hall–Kier alpha value is -2.48. The van der Waals surface area contributed by atoms with Crippen LogP contribution in [0.4, 0.5) is 0 Å². The molecule has 0 bridgehead atoms. The van der Waals surface area contributed by atoms with Crippen molar-refractivity contribution in [3.63, 3.8) is 0 Å². The lowest BCUT2D eigenvalue weighted by atomic mass is 9.46. The zero-order valence-electron chi connectivity index (χ0n) is 21.5. The lowest BCUT2D eigenvalue weighted by Gasteiger charge is -2.58. The minimum Gasteiger partial charge on any atom is -0.462 e. The summed E-state index contributed by atoms with van der Waals surface area (Å²) in [5.74, 6) is -2.57. The van der Waals surface area contributed by atoms with E-state index >= 15 is 0 Å². The zero-order chi connectivity index (χ0) is 26.0. The fourth-order valence-electron chi connectivity index (χ4n) is 5.88. The van der Waals surface area contributed by atoms with Gasteiger partial charge in [0.15, 0.2) is 5.76 Å². The molecule has 2 aliphatic rings. The van der Waals surface area contributed by atoms with E-state index in [0.29, 0.717) is 30.4 Å². The largest absolute Gasteiger partial charge is 0.462 e. The second-order valence-electron chi connectivity index (χ2n) is 10.4. The molecule has 0 saturated heterocycles. The van der Waals surface area contributed by atoms with E-state index in [4.69, 9.17) is 14.2 Å². The van der Waals surface area contributed by atoms with Gasteiger partial charge >= 0.3 is 17.9 Å². The molecular weight excluding hydrogens is 440 g/mol. The van der Waals surface area contributed by atoms with Crippen molar-refractivity contribution in [3.8, 4) is 0 Å². The Balaban J connectivity index is 2.58. The molecule has 8 heteroatoms. The molecule has 5 atom stereocenters. The molecule has 0 heterocycles. The van der Waals surface area contributed by atoms with Gasteiger partial charge in [-0.2, -0.15) is 0 Å². The van der Waals surface area contributed by atoms with Gasteiger partial charge in [0.05, 0.1) is 6.10 Å². The first kappa shape index (κ1) is 27.8. The average molecular weight is 479 g/mol. The second-order valence-corrected chi connectivity index (χ2v) is 10.4. The maximum absolute atomic E-state index is 13.6. The first-order valence-corrected chi connectivity index (χ1v) is 11.7. The van der Waals surface area contributed by atoms with Crippen molar-refractivity contribution in [2.45, 2.75) is 86.9 Å². The lowest BCUT2D eigenvalue weighted by Crippen LogP contribution is -2.59. The van der Waals surface area contributed by atoms with Gasteiger partial charge in [0.1, 0.15) is 12.7 Å². The molecule has 34 heavy (non-hydrogen) atoms. The molecule has 8 nitrogen and oxygen atoms in total. The van der Waals surface area contributed by atoms with Gasteiger partial charge in [-0.15, -0.1) is 0 Å². The summed E-state index contributed by atoms with van der Waals surface area (Å²) in [7, 11) is 0. The number of hydrogen-bond donors (Lipinski definition) is 1. The van der Waals surface area contributed by atoms with Crippen LogP contribution in [0, 0.1) is 22.7 Å². The van der Waals surface area contributed by atoms with E-state index < -0.39 is 46.9 Å². The third-order valence-electron chi connectivity index (χ3n) is 7.59. The first-order chi connectivity index (χ1) is 15.6. The Morgan fingerprint density at radius 1 is 1.09 bits per heavy atom. The molecule has 0 aliphatic heterocycles. The monoisotopic (exact) mass is 478 g/mol. The predicted molar refractivity (Wildman–Crippen MR) is 124 cm³/mol. The molecular formula is C26H38O8. The van der Waals surface area contributed by atoms with Crippen molar-refractivity contribution >= 4 is 23.7 Å². The summed E-state index contributed by atoms with van der Waals surface area (Å²) in [5, 5.41) is 10.8. The van der Waals surface area contributed by atoms with Crippen LogP contribution in [-0.2, 0) is 33.4 Å². The van der Waals surface area contributed by atoms with E-state index in [1.165, 1.54) is 20.8 Å². The highest BCUT2D eigenvalue weighted by Crippen LogP contribution is 2.61. The highest BCUT2D eigenvalue weighted by Gasteiger charge is 2.61. The smallest absolute Gasteiger partial charge is 0.308 e. The van der Waals surface area contributed by atoms with E-state index in [0.717, 1.165) is 0 Å². The zero-order valence-corrected chi connectivity index (χ0v) is 21.5. The molecule has 0 spiro atoms. The first-order valence-electron chi connectivity index (χ1n) is 11.7. The summed E-state index contributed by atoms with van der Waals surface area (Å²) in [6.07, 6.45) is 1.86. The average Bonchev–Trinajstić information content (AvgIpc) is 2.69. The van der Waals surface area contributed by atoms with Crippen LogP contribution in [0.3, 0.4) is 0 Å². The molecule has 2 rings (SSSR count). The van der Waals surface area contributed by atoms with Crippen molar-refractivity contribution in [2.75, 3.05) is 6.61 Å². The molecule has 0 radical (unpaired) electrons. The Kier molecular flexibility index (Phi) is 8.51. The molecule has 1 saturated carbocycles. The molecule has 0 aromatic heterocycles. The number of rotatable bonds is 7. The molecule has 1 fully saturated rings. The van der Waals surface area contributed by atoms with Crippen LogP contribution in [0.1, 0.15) is 74.7 Å². The van der Waals surface area contributed by atoms with Crippen molar-refractivity contribution in [1.29, 1.82) is 0 Å².